The summed E-state index contributed by atoms with van der Waals surface area (Å²) in [6.07, 6.45) is 1.40. The zero-order chi connectivity index (χ0) is 19.0. The summed E-state index contributed by atoms with van der Waals surface area (Å²) < 4.78 is 5.88. The maximum atomic E-state index is 13.2. The van der Waals surface area contributed by atoms with Crippen LogP contribution in [0.5, 0.6) is 5.75 Å². The molecular weight excluding hydrogens is 336 g/mol. The first kappa shape index (κ1) is 17.7. The molecule has 0 radical (unpaired) electrons. The molecule has 4 heteroatoms. The molecular formula is C23H26N2O2. The quantitative estimate of drug-likeness (QED) is 0.777. The minimum Gasteiger partial charge on any atom is -0.494 e. The topological polar surface area (TPSA) is 50.4 Å². The zero-order valence-corrected chi connectivity index (χ0v) is 16.1. The molecule has 0 unspecified atom stereocenters. The van der Waals surface area contributed by atoms with Crippen LogP contribution in [0.15, 0.2) is 59.8 Å². The van der Waals surface area contributed by atoms with Gasteiger partial charge in [-0.05, 0) is 37.0 Å². The Balaban J connectivity index is 1.90. The van der Waals surface area contributed by atoms with E-state index in [0.29, 0.717) is 13.0 Å². The Morgan fingerprint density at radius 3 is 2.52 bits per heavy atom. The Morgan fingerprint density at radius 2 is 1.74 bits per heavy atom. The van der Waals surface area contributed by atoms with Crippen LogP contribution in [0.3, 0.4) is 0 Å². The molecule has 2 aromatic carbocycles. The number of hydrogen-bond acceptors (Lipinski definition) is 4. The van der Waals surface area contributed by atoms with Crippen molar-refractivity contribution < 1.29 is 9.53 Å². The molecule has 2 aliphatic rings. The zero-order valence-electron chi connectivity index (χ0n) is 16.1. The van der Waals surface area contributed by atoms with Gasteiger partial charge in [0.05, 0.1) is 24.0 Å². The third-order valence-corrected chi connectivity index (χ3v) is 5.25. The summed E-state index contributed by atoms with van der Waals surface area (Å²) in [6, 6.07) is 15.9. The fraction of sp³-hybridized carbons (Fsp3) is 0.348. The predicted molar refractivity (Wildman–Crippen MR) is 109 cm³/mol. The molecule has 1 heterocycles. The van der Waals surface area contributed by atoms with Crippen molar-refractivity contribution in [1.29, 1.82) is 0 Å². The van der Waals surface area contributed by atoms with Crippen LogP contribution < -0.4 is 15.4 Å². The number of fused-ring (bicyclic) bond motifs is 1. The Labute approximate surface area is 160 Å². The van der Waals surface area contributed by atoms with E-state index in [0.717, 1.165) is 40.4 Å². The predicted octanol–water partition coefficient (Wildman–Crippen LogP) is 5.31. The molecule has 4 rings (SSSR count). The van der Waals surface area contributed by atoms with Gasteiger partial charge in [-0.25, -0.2) is 0 Å². The third-order valence-electron chi connectivity index (χ3n) is 5.25. The number of allylic oxidation sites excluding steroid dienone is 1. The number of anilines is 2. The molecule has 0 saturated carbocycles. The maximum absolute atomic E-state index is 13.2. The highest BCUT2D eigenvalue weighted by Gasteiger charge is 2.39. The van der Waals surface area contributed by atoms with Gasteiger partial charge in [0.25, 0.3) is 0 Å². The van der Waals surface area contributed by atoms with Crippen molar-refractivity contribution in [2.24, 2.45) is 5.41 Å². The van der Waals surface area contributed by atoms with Crippen LogP contribution in [0.4, 0.5) is 11.4 Å². The number of nitrogens with one attached hydrogen (secondary N) is 2. The van der Waals surface area contributed by atoms with E-state index in [4.69, 9.17) is 4.74 Å². The summed E-state index contributed by atoms with van der Waals surface area (Å²) in [7, 11) is 0. The fourth-order valence-electron chi connectivity index (χ4n) is 4.13. The second-order valence-electron chi connectivity index (χ2n) is 8.05. The first-order valence-electron chi connectivity index (χ1n) is 9.59. The van der Waals surface area contributed by atoms with Crippen LogP contribution in [0.2, 0.25) is 0 Å². The lowest BCUT2D eigenvalue weighted by atomic mass is 9.73. The number of ether oxygens (including phenoxy) is 1. The van der Waals surface area contributed by atoms with Crippen LogP contribution in [-0.2, 0) is 4.79 Å². The highest BCUT2D eigenvalue weighted by atomic mass is 16.5. The summed E-state index contributed by atoms with van der Waals surface area (Å²) >= 11 is 0. The number of carbonyl (C=O) groups excluding carboxylic acids is 1. The molecule has 4 nitrogen and oxygen atoms in total. The molecule has 0 amide bonds. The molecule has 0 bridgehead atoms. The van der Waals surface area contributed by atoms with E-state index < -0.39 is 0 Å². The highest BCUT2D eigenvalue weighted by molar-refractivity contribution is 6.01. The van der Waals surface area contributed by atoms with E-state index >= 15 is 0 Å². The smallest absolute Gasteiger partial charge is 0.163 e. The lowest BCUT2D eigenvalue weighted by Gasteiger charge is -2.34. The number of Topliss-reactive ketones (excluding diaryl/α,β-unsaturated/α-hetero) is 1. The van der Waals surface area contributed by atoms with Gasteiger partial charge >= 0.3 is 0 Å². The van der Waals surface area contributed by atoms with E-state index in [9.17, 15) is 4.79 Å². The van der Waals surface area contributed by atoms with Crippen LogP contribution in [0, 0.1) is 5.41 Å². The Morgan fingerprint density at radius 1 is 1.04 bits per heavy atom. The molecule has 1 atom stereocenters. The van der Waals surface area contributed by atoms with Gasteiger partial charge in [-0.15, -0.1) is 0 Å². The molecule has 2 aromatic rings. The molecule has 0 aromatic heterocycles. The van der Waals surface area contributed by atoms with E-state index in [1.54, 1.807) is 0 Å². The Bertz CT molecular complexity index is 914. The van der Waals surface area contributed by atoms with Gasteiger partial charge in [-0.1, -0.05) is 44.2 Å². The van der Waals surface area contributed by atoms with E-state index in [2.05, 4.69) is 30.5 Å². The van der Waals surface area contributed by atoms with Crippen molar-refractivity contribution in [1.82, 2.24) is 0 Å². The van der Waals surface area contributed by atoms with Crippen LogP contribution in [0.1, 0.15) is 45.2 Å². The molecule has 27 heavy (non-hydrogen) atoms. The average molecular weight is 362 g/mol. The second-order valence-corrected chi connectivity index (χ2v) is 8.05. The molecule has 0 saturated heterocycles. The maximum Gasteiger partial charge on any atom is 0.163 e. The first-order chi connectivity index (χ1) is 13.0. The molecule has 0 spiro atoms. The third kappa shape index (κ3) is 3.32. The van der Waals surface area contributed by atoms with Gasteiger partial charge in [-0.2, -0.15) is 0 Å². The van der Waals surface area contributed by atoms with Crippen molar-refractivity contribution in [2.45, 2.75) is 39.7 Å². The lowest BCUT2D eigenvalue weighted by molar-refractivity contribution is -0.118. The minimum atomic E-state index is -0.234. The van der Waals surface area contributed by atoms with Gasteiger partial charge in [0, 0.05) is 23.3 Å². The number of carbonyl (C=O) groups is 1. The standard InChI is InChI=1S/C23H26N2O2/c1-4-27-20-12-8-5-9-15(20)22-21-18(13-23(2,3)14-19(21)26)24-16-10-6-7-11-17(16)25-22/h5-12,22,24-25H,4,13-14H2,1-3H3/t22-/m1/s1. The number of ketones is 1. The SMILES string of the molecule is CCOc1ccccc1[C@H]1Nc2ccccc2NC2=C1C(=O)CC(C)(C)C2. The summed E-state index contributed by atoms with van der Waals surface area (Å²) in [5.41, 5.74) is 4.80. The van der Waals surface area contributed by atoms with E-state index in [1.807, 2.05) is 49.4 Å². The van der Waals surface area contributed by atoms with Crippen LogP contribution in [0.25, 0.3) is 0 Å². The second kappa shape index (κ2) is 6.76. The van der Waals surface area contributed by atoms with Crippen LogP contribution in [-0.4, -0.2) is 12.4 Å². The number of para-hydroxylation sites is 3. The monoisotopic (exact) mass is 362 g/mol. The molecule has 0 fully saturated rings. The van der Waals surface area contributed by atoms with Gasteiger partial charge in [0.1, 0.15) is 5.75 Å². The normalized spacial score (nSPS) is 20.7. The minimum absolute atomic E-state index is 0.0494. The average Bonchev–Trinajstić information content (AvgIpc) is 2.77. The largest absolute Gasteiger partial charge is 0.494 e. The van der Waals surface area contributed by atoms with Crippen molar-refractivity contribution in [3.8, 4) is 5.75 Å². The van der Waals surface area contributed by atoms with Crippen molar-refractivity contribution >= 4 is 17.2 Å². The van der Waals surface area contributed by atoms with Gasteiger partial charge < -0.3 is 15.4 Å². The van der Waals surface area contributed by atoms with E-state index in [-0.39, 0.29) is 17.2 Å². The van der Waals surface area contributed by atoms with Gasteiger partial charge in [0.2, 0.25) is 0 Å². The fourth-order valence-corrected chi connectivity index (χ4v) is 4.13. The molecule has 1 aliphatic carbocycles. The van der Waals surface area contributed by atoms with Crippen molar-refractivity contribution in [3.63, 3.8) is 0 Å². The Hall–Kier alpha value is -2.75. The Kier molecular flexibility index (Phi) is 4.42. The lowest BCUT2D eigenvalue weighted by Crippen LogP contribution is -2.31. The summed E-state index contributed by atoms with van der Waals surface area (Å²) in [5, 5.41) is 7.16. The first-order valence-corrected chi connectivity index (χ1v) is 9.59. The van der Waals surface area contributed by atoms with Crippen molar-refractivity contribution in [2.75, 3.05) is 17.2 Å². The summed E-state index contributed by atoms with van der Waals surface area (Å²) in [6.45, 7) is 6.88. The molecule has 2 N–H and O–H groups in total. The van der Waals surface area contributed by atoms with Gasteiger partial charge in [0.15, 0.2) is 5.78 Å². The summed E-state index contributed by atoms with van der Waals surface area (Å²) in [5.74, 6) is 1.02. The summed E-state index contributed by atoms with van der Waals surface area (Å²) in [4.78, 5) is 13.2. The number of hydrogen-bond donors (Lipinski definition) is 2. The van der Waals surface area contributed by atoms with Gasteiger partial charge in [-0.3, -0.25) is 4.79 Å². The van der Waals surface area contributed by atoms with E-state index in [1.165, 1.54) is 0 Å². The van der Waals surface area contributed by atoms with Crippen LogP contribution >= 0.6 is 0 Å². The number of rotatable bonds is 3. The highest BCUT2D eigenvalue weighted by Crippen LogP contribution is 2.46. The number of benzene rings is 2. The molecule has 1 aliphatic heterocycles. The molecule has 140 valence electrons. The van der Waals surface area contributed by atoms with Crippen molar-refractivity contribution in [3.05, 3.63) is 65.4 Å².